The van der Waals surface area contributed by atoms with E-state index in [1.165, 1.54) is 6.07 Å². The number of nitrogens with one attached hydrogen (secondary N) is 1. The van der Waals surface area contributed by atoms with E-state index in [1.807, 2.05) is 0 Å². The molecule has 1 heterocycles. The fraction of sp³-hybridized carbons (Fsp3) is 0.222. The van der Waals surface area contributed by atoms with Gasteiger partial charge in [-0.15, -0.1) is 17.8 Å². The molecule has 0 atom stereocenters. The second-order valence-electron chi connectivity index (χ2n) is 2.91. The number of carboxylic acid groups (broad SMARTS) is 1. The molecule has 5 nitrogen and oxygen atoms in total. The van der Waals surface area contributed by atoms with Gasteiger partial charge in [-0.1, -0.05) is 5.92 Å². The topological polar surface area (TPSA) is 83.5 Å². The van der Waals surface area contributed by atoms with Gasteiger partial charge in [0.05, 0.1) is 6.54 Å². The molecule has 0 aliphatic heterocycles. The van der Waals surface area contributed by atoms with Gasteiger partial charge >= 0.3 is 5.97 Å². The van der Waals surface area contributed by atoms with Crippen molar-refractivity contribution in [2.75, 3.05) is 6.54 Å². The van der Waals surface area contributed by atoms with Crippen LogP contribution in [0.15, 0.2) is 10.3 Å². The third kappa shape index (κ3) is 2.61. The summed E-state index contributed by atoms with van der Waals surface area (Å²) in [6, 6.07) is 1.31. The zero-order chi connectivity index (χ0) is 12.3. The molecule has 0 unspecified atom stereocenters. The van der Waals surface area contributed by atoms with Crippen molar-refractivity contribution in [3.8, 4) is 12.3 Å². The van der Waals surface area contributed by atoms with Crippen LogP contribution in [0.5, 0.6) is 0 Å². The van der Waals surface area contributed by atoms with E-state index in [1.54, 1.807) is 6.92 Å². The van der Waals surface area contributed by atoms with Crippen LogP contribution in [0.2, 0.25) is 0 Å². The maximum absolute atomic E-state index is 11.6. The van der Waals surface area contributed by atoms with Gasteiger partial charge in [0.15, 0.2) is 0 Å². The molecule has 1 rings (SSSR count). The molecule has 1 aromatic rings. The van der Waals surface area contributed by atoms with E-state index in [0.717, 1.165) is 0 Å². The number of rotatable bonds is 4. The zero-order valence-electron chi connectivity index (χ0n) is 8.35. The number of aryl methyl sites for hydroxylation is 1. The summed E-state index contributed by atoms with van der Waals surface area (Å²) in [7, 11) is -3.69. The van der Waals surface area contributed by atoms with Crippen LogP contribution in [0.1, 0.15) is 15.2 Å². The smallest absolute Gasteiger partial charge is 0.346 e. The Balaban J connectivity index is 3.11. The molecule has 0 amide bonds. The standard InChI is InChI=1S/C9H9NO4S2/c1-3-4-10-16(13,14)7-5-6(2)8(15-7)9(11)12/h1,5,10H,4H2,2H3,(H,11,12). The second kappa shape index (κ2) is 4.65. The molecule has 0 aliphatic carbocycles. The summed E-state index contributed by atoms with van der Waals surface area (Å²) in [6.45, 7) is 1.42. The third-order valence-corrected chi connectivity index (χ3v) is 4.82. The summed E-state index contributed by atoms with van der Waals surface area (Å²) in [5.41, 5.74) is 0.415. The molecular formula is C9H9NO4S2. The van der Waals surface area contributed by atoms with Gasteiger partial charge in [0, 0.05) is 0 Å². The molecule has 7 heteroatoms. The monoisotopic (exact) mass is 259 g/mol. The lowest BCUT2D eigenvalue weighted by atomic mass is 10.3. The van der Waals surface area contributed by atoms with Crippen LogP contribution in [-0.2, 0) is 10.0 Å². The minimum absolute atomic E-state index is 0.0149. The third-order valence-electron chi connectivity index (χ3n) is 1.72. The van der Waals surface area contributed by atoms with E-state index in [4.69, 9.17) is 11.5 Å². The van der Waals surface area contributed by atoms with Crippen molar-refractivity contribution in [1.29, 1.82) is 0 Å². The molecule has 0 fully saturated rings. The van der Waals surface area contributed by atoms with E-state index < -0.39 is 16.0 Å². The fourth-order valence-corrected chi connectivity index (χ4v) is 3.36. The Hall–Kier alpha value is -1.36. The van der Waals surface area contributed by atoms with E-state index >= 15 is 0 Å². The molecule has 0 aromatic carbocycles. The lowest BCUT2D eigenvalue weighted by Gasteiger charge is -1.98. The molecule has 0 bridgehead atoms. The van der Waals surface area contributed by atoms with Crippen LogP contribution < -0.4 is 4.72 Å². The minimum atomic E-state index is -3.69. The second-order valence-corrected chi connectivity index (χ2v) is 5.96. The summed E-state index contributed by atoms with van der Waals surface area (Å²) in [5, 5.41) is 8.78. The van der Waals surface area contributed by atoms with Crippen molar-refractivity contribution in [3.05, 3.63) is 16.5 Å². The molecule has 16 heavy (non-hydrogen) atoms. The van der Waals surface area contributed by atoms with Crippen molar-refractivity contribution >= 4 is 27.3 Å². The highest BCUT2D eigenvalue weighted by molar-refractivity contribution is 7.91. The van der Waals surface area contributed by atoms with Gasteiger partial charge in [-0.25, -0.2) is 13.2 Å². The number of hydrogen-bond donors (Lipinski definition) is 2. The summed E-state index contributed by atoms with van der Waals surface area (Å²) in [5.74, 6) is 0.998. The number of aromatic carboxylic acids is 1. The molecule has 0 saturated heterocycles. The van der Waals surface area contributed by atoms with E-state index in [-0.39, 0.29) is 15.6 Å². The Morgan fingerprint density at radius 1 is 1.69 bits per heavy atom. The Bertz CT molecular complexity index is 551. The highest BCUT2D eigenvalue weighted by Crippen LogP contribution is 2.25. The number of hydrogen-bond acceptors (Lipinski definition) is 4. The number of sulfonamides is 1. The Morgan fingerprint density at radius 2 is 2.31 bits per heavy atom. The van der Waals surface area contributed by atoms with E-state index in [2.05, 4.69) is 10.6 Å². The summed E-state index contributed by atoms with van der Waals surface area (Å²) >= 11 is 0.706. The number of carboxylic acids is 1. The zero-order valence-corrected chi connectivity index (χ0v) is 9.98. The summed E-state index contributed by atoms with van der Waals surface area (Å²) < 4.78 is 25.3. The van der Waals surface area contributed by atoms with Crippen LogP contribution in [0.3, 0.4) is 0 Å². The molecule has 0 spiro atoms. The van der Waals surface area contributed by atoms with Gasteiger partial charge in [0.25, 0.3) is 10.0 Å². The maximum Gasteiger partial charge on any atom is 0.346 e. The lowest BCUT2D eigenvalue weighted by Crippen LogP contribution is -2.22. The highest BCUT2D eigenvalue weighted by atomic mass is 32.2. The van der Waals surface area contributed by atoms with Crippen LogP contribution in [0.25, 0.3) is 0 Å². The first-order valence-electron chi connectivity index (χ1n) is 4.15. The van der Waals surface area contributed by atoms with Crippen LogP contribution in [0.4, 0.5) is 0 Å². The van der Waals surface area contributed by atoms with Crippen molar-refractivity contribution in [2.24, 2.45) is 0 Å². The van der Waals surface area contributed by atoms with Crippen LogP contribution >= 0.6 is 11.3 Å². The maximum atomic E-state index is 11.6. The summed E-state index contributed by atoms with van der Waals surface area (Å²) in [4.78, 5) is 10.8. The first-order valence-corrected chi connectivity index (χ1v) is 6.45. The van der Waals surface area contributed by atoms with Crippen LogP contribution in [0, 0.1) is 19.3 Å². The molecule has 2 N–H and O–H groups in total. The average molecular weight is 259 g/mol. The van der Waals surface area contributed by atoms with Crippen molar-refractivity contribution in [1.82, 2.24) is 4.72 Å². The van der Waals surface area contributed by atoms with Crippen molar-refractivity contribution in [2.45, 2.75) is 11.1 Å². The quantitative estimate of drug-likeness (QED) is 0.778. The Kier molecular flexibility index (Phi) is 3.70. The predicted octanol–water partition coefficient (Wildman–Crippen LogP) is 0.666. The van der Waals surface area contributed by atoms with E-state index in [9.17, 15) is 13.2 Å². The largest absolute Gasteiger partial charge is 0.477 e. The van der Waals surface area contributed by atoms with Crippen LogP contribution in [-0.4, -0.2) is 26.0 Å². The Labute approximate surface area is 97.2 Å². The normalized spacial score (nSPS) is 11.0. The SMILES string of the molecule is C#CCNS(=O)(=O)c1cc(C)c(C(=O)O)s1. The fourth-order valence-electron chi connectivity index (χ4n) is 1.01. The molecular weight excluding hydrogens is 250 g/mol. The highest BCUT2D eigenvalue weighted by Gasteiger charge is 2.20. The first-order chi connectivity index (χ1) is 7.38. The van der Waals surface area contributed by atoms with Gasteiger partial charge in [0.2, 0.25) is 0 Å². The molecule has 0 radical (unpaired) electrons. The number of thiophene rings is 1. The molecule has 0 saturated carbocycles. The van der Waals surface area contributed by atoms with Crippen molar-refractivity contribution < 1.29 is 18.3 Å². The average Bonchev–Trinajstić information content (AvgIpc) is 2.58. The lowest BCUT2D eigenvalue weighted by molar-refractivity contribution is 0.0701. The first kappa shape index (κ1) is 12.7. The number of terminal acetylenes is 1. The number of carbonyl (C=O) groups is 1. The Morgan fingerprint density at radius 3 is 2.75 bits per heavy atom. The minimum Gasteiger partial charge on any atom is -0.477 e. The predicted molar refractivity (Wildman–Crippen MR) is 60.0 cm³/mol. The van der Waals surface area contributed by atoms with Gasteiger partial charge in [0.1, 0.15) is 9.09 Å². The van der Waals surface area contributed by atoms with Gasteiger partial charge in [-0.3, -0.25) is 0 Å². The van der Waals surface area contributed by atoms with E-state index in [0.29, 0.717) is 16.9 Å². The molecule has 1 aromatic heterocycles. The molecule has 86 valence electrons. The van der Waals surface area contributed by atoms with Gasteiger partial charge < -0.3 is 5.11 Å². The summed E-state index contributed by atoms with van der Waals surface area (Å²) in [6.07, 6.45) is 4.93. The molecule has 0 aliphatic rings. The van der Waals surface area contributed by atoms with Gasteiger partial charge in [-0.05, 0) is 18.6 Å². The van der Waals surface area contributed by atoms with Crippen molar-refractivity contribution in [3.63, 3.8) is 0 Å². The van der Waals surface area contributed by atoms with Gasteiger partial charge in [-0.2, -0.15) is 4.72 Å².